The van der Waals surface area contributed by atoms with Crippen molar-refractivity contribution in [1.29, 1.82) is 0 Å². The minimum Gasteiger partial charge on any atom is -0.371 e. The number of Topliss-reactive ketones (excluding diaryl/α,β-unsaturated/α-hetero) is 1. The average molecular weight is 225 g/mol. The average Bonchev–Trinajstić information content (AvgIpc) is 2.17. The molecule has 0 fully saturated rings. The monoisotopic (exact) mass is 225 g/mol. The number of hydrogen-bond acceptors (Lipinski definition) is 5. The Labute approximate surface area is 92.1 Å². The Balaban J connectivity index is 3.03. The van der Waals surface area contributed by atoms with E-state index in [1.807, 2.05) is 0 Å². The van der Waals surface area contributed by atoms with Gasteiger partial charge in [-0.15, -0.1) is 0 Å². The lowest BCUT2D eigenvalue weighted by molar-refractivity contribution is 0.0767. The Morgan fingerprint density at radius 1 is 1.40 bits per heavy atom. The molecule has 0 aliphatic heterocycles. The molecule has 1 rings (SSSR count). The summed E-state index contributed by atoms with van der Waals surface area (Å²) >= 11 is 0.507. The second-order valence-corrected chi connectivity index (χ2v) is 3.41. The van der Waals surface area contributed by atoms with Crippen LogP contribution in [0.25, 0.3) is 0 Å². The van der Waals surface area contributed by atoms with Crippen molar-refractivity contribution in [3.63, 3.8) is 0 Å². The largest absolute Gasteiger partial charge is 0.371 e. The molecular formula is C10H11NO3S. The number of rotatable bonds is 3. The van der Waals surface area contributed by atoms with E-state index >= 15 is 0 Å². The molecule has 0 radical (unpaired) electrons. The first-order valence-electron chi connectivity index (χ1n) is 4.25. The maximum Gasteiger partial charge on any atom is 0.351 e. The minimum absolute atomic E-state index is 0.0359. The Morgan fingerprint density at radius 3 is 2.53 bits per heavy atom. The summed E-state index contributed by atoms with van der Waals surface area (Å²) in [6.45, 7) is 3.22. The van der Waals surface area contributed by atoms with Crippen molar-refractivity contribution in [2.24, 2.45) is 5.14 Å². The topological polar surface area (TPSA) is 69.4 Å². The fourth-order valence-corrected chi connectivity index (χ4v) is 1.38. The summed E-state index contributed by atoms with van der Waals surface area (Å²) in [4.78, 5) is 22.4. The Kier molecular flexibility index (Phi) is 3.88. The molecule has 15 heavy (non-hydrogen) atoms. The summed E-state index contributed by atoms with van der Waals surface area (Å²) in [5.41, 5.74) is 1.68. The van der Waals surface area contributed by atoms with Crippen molar-refractivity contribution < 1.29 is 13.8 Å². The first-order chi connectivity index (χ1) is 7.06. The zero-order chi connectivity index (χ0) is 11.4. The fourth-order valence-electron chi connectivity index (χ4n) is 1.20. The van der Waals surface area contributed by atoms with Crippen LogP contribution in [-0.2, 0) is 4.18 Å². The van der Waals surface area contributed by atoms with E-state index < -0.39 is 5.97 Å². The summed E-state index contributed by atoms with van der Waals surface area (Å²) in [6, 6.07) is 4.80. The van der Waals surface area contributed by atoms with Crippen LogP contribution in [0, 0.1) is 6.92 Å². The zero-order valence-electron chi connectivity index (χ0n) is 8.44. The highest BCUT2D eigenvalue weighted by Gasteiger charge is 2.11. The third kappa shape index (κ3) is 2.81. The third-order valence-corrected chi connectivity index (χ3v) is 2.22. The molecule has 0 heterocycles. The highest BCUT2D eigenvalue weighted by Crippen LogP contribution is 2.14. The molecule has 2 N–H and O–H groups in total. The van der Waals surface area contributed by atoms with Crippen LogP contribution in [0.4, 0.5) is 0 Å². The van der Waals surface area contributed by atoms with Gasteiger partial charge < -0.3 is 4.18 Å². The second-order valence-electron chi connectivity index (χ2n) is 3.05. The van der Waals surface area contributed by atoms with Gasteiger partial charge in [0.05, 0.1) is 5.56 Å². The van der Waals surface area contributed by atoms with E-state index in [2.05, 4.69) is 4.18 Å². The van der Waals surface area contributed by atoms with Crippen molar-refractivity contribution in [2.75, 3.05) is 0 Å². The van der Waals surface area contributed by atoms with Gasteiger partial charge in [-0.25, -0.2) is 9.93 Å². The predicted octanol–water partition coefficient (Wildman–Crippen LogP) is 1.88. The summed E-state index contributed by atoms with van der Waals surface area (Å²) in [5.74, 6) is -0.540. The standard InChI is InChI=1S/C10H11NO3S/c1-6-5-8(7(2)12)3-4-9(6)10(13)14-15-11/h3-5H,11H2,1-2H3. The van der Waals surface area contributed by atoms with Crippen molar-refractivity contribution in [2.45, 2.75) is 13.8 Å². The van der Waals surface area contributed by atoms with Crippen LogP contribution in [0.1, 0.15) is 33.2 Å². The number of aryl methyl sites for hydroxylation is 1. The number of carbonyl (C=O) groups is 2. The van der Waals surface area contributed by atoms with E-state index in [1.54, 1.807) is 25.1 Å². The highest BCUT2D eigenvalue weighted by molar-refractivity contribution is 7.92. The van der Waals surface area contributed by atoms with Crippen LogP contribution in [0.5, 0.6) is 0 Å². The van der Waals surface area contributed by atoms with Gasteiger partial charge in [0.1, 0.15) is 12.2 Å². The first kappa shape index (κ1) is 11.7. The van der Waals surface area contributed by atoms with E-state index in [-0.39, 0.29) is 5.78 Å². The smallest absolute Gasteiger partial charge is 0.351 e. The van der Waals surface area contributed by atoms with Gasteiger partial charge in [0.15, 0.2) is 5.78 Å². The van der Waals surface area contributed by atoms with Gasteiger partial charge in [-0.3, -0.25) is 4.79 Å². The summed E-state index contributed by atoms with van der Waals surface area (Å²) in [7, 11) is 0. The molecule has 1 aromatic rings. The molecule has 0 unspecified atom stereocenters. The Hall–Kier alpha value is -1.33. The molecule has 0 atom stereocenters. The van der Waals surface area contributed by atoms with Crippen LogP contribution >= 0.6 is 12.2 Å². The Morgan fingerprint density at radius 2 is 2.07 bits per heavy atom. The quantitative estimate of drug-likeness (QED) is 0.483. The van der Waals surface area contributed by atoms with E-state index in [9.17, 15) is 9.59 Å². The van der Waals surface area contributed by atoms with Crippen molar-refractivity contribution in [3.8, 4) is 0 Å². The van der Waals surface area contributed by atoms with Gasteiger partial charge in [-0.05, 0) is 31.5 Å². The van der Waals surface area contributed by atoms with Crippen LogP contribution in [-0.4, -0.2) is 11.8 Å². The van der Waals surface area contributed by atoms with Crippen LogP contribution in [0.2, 0.25) is 0 Å². The predicted molar refractivity (Wildman–Crippen MR) is 58.4 cm³/mol. The summed E-state index contributed by atoms with van der Waals surface area (Å²) < 4.78 is 4.58. The highest BCUT2D eigenvalue weighted by atomic mass is 32.2. The van der Waals surface area contributed by atoms with Crippen molar-refractivity contribution in [3.05, 3.63) is 34.9 Å². The zero-order valence-corrected chi connectivity index (χ0v) is 9.26. The maximum absolute atomic E-state index is 11.3. The lowest BCUT2D eigenvalue weighted by atomic mass is 10.0. The van der Waals surface area contributed by atoms with Crippen LogP contribution in [0.15, 0.2) is 18.2 Å². The lowest BCUT2D eigenvalue weighted by Gasteiger charge is -2.04. The van der Waals surface area contributed by atoms with E-state index in [0.717, 1.165) is 0 Å². The molecule has 0 aromatic heterocycles. The molecule has 4 nitrogen and oxygen atoms in total. The molecule has 0 spiro atoms. The number of carbonyl (C=O) groups excluding carboxylic acids is 2. The van der Waals surface area contributed by atoms with Crippen LogP contribution < -0.4 is 5.14 Å². The van der Waals surface area contributed by atoms with Gasteiger partial charge in [0.25, 0.3) is 0 Å². The van der Waals surface area contributed by atoms with Crippen molar-refractivity contribution in [1.82, 2.24) is 0 Å². The first-order valence-corrected chi connectivity index (χ1v) is 5.06. The number of ketones is 1. The Bertz CT molecular complexity index is 404. The van der Waals surface area contributed by atoms with E-state index in [0.29, 0.717) is 28.9 Å². The molecule has 0 aliphatic rings. The molecule has 5 heteroatoms. The third-order valence-electron chi connectivity index (χ3n) is 1.98. The molecule has 0 saturated carbocycles. The molecular weight excluding hydrogens is 214 g/mol. The summed E-state index contributed by atoms with van der Waals surface area (Å²) in [5, 5.41) is 5.01. The van der Waals surface area contributed by atoms with E-state index in [1.165, 1.54) is 6.92 Å². The molecule has 0 aliphatic carbocycles. The fraction of sp³-hybridized carbons (Fsp3) is 0.200. The molecule has 0 bridgehead atoms. The van der Waals surface area contributed by atoms with Gasteiger partial charge in [-0.1, -0.05) is 6.07 Å². The molecule has 0 amide bonds. The number of hydrogen-bond donors (Lipinski definition) is 1. The lowest BCUT2D eigenvalue weighted by Crippen LogP contribution is -2.05. The van der Waals surface area contributed by atoms with Gasteiger partial charge in [-0.2, -0.15) is 0 Å². The summed E-state index contributed by atoms with van der Waals surface area (Å²) in [6.07, 6.45) is 0. The van der Waals surface area contributed by atoms with E-state index in [4.69, 9.17) is 5.14 Å². The second kappa shape index (κ2) is 4.95. The molecule has 1 aromatic carbocycles. The van der Waals surface area contributed by atoms with Gasteiger partial charge >= 0.3 is 5.97 Å². The number of nitrogens with two attached hydrogens (primary N) is 1. The van der Waals surface area contributed by atoms with Gasteiger partial charge in [0.2, 0.25) is 0 Å². The SMILES string of the molecule is CC(=O)c1ccc(C(=O)OSN)c(C)c1. The van der Waals surface area contributed by atoms with Crippen molar-refractivity contribution >= 4 is 24.0 Å². The normalized spacial score (nSPS) is 9.80. The number of benzene rings is 1. The maximum atomic E-state index is 11.3. The molecule has 80 valence electrons. The van der Waals surface area contributed by atoms with Gasteiger partial charge in [0, 0.05) is 5.56 Å². The minimum atomic E-state index is -0.505. The molecule has 0 saturated heterocycles. The van der Waals surface area contributed by atoms with Crippen LogP contribution in [0.3, 0.4) is 0 Å².